The number of hydrogen-bond acceptors (Lipinski definition) is 5. The quantitative estimate of drug-likeness (QED) is 0.852. The van der Waals surface area contributed by atoms with E-state index in [4.69, 9.17) is 4.52 Å². The Balaban J connectivity index is 1.95. The average Bonchev–Trinajstić information content (AvgIpc) is 3.02. The minimum atomic E-state index is -3.26. The first-order valence-corrected chi connectivity index (χ1v) is 9.78. The van der Waals surface area contributed by atoms with E-state index >= 15 is 0 Å². The lowest BCUT2D eigenvalue weighted by Gasteiger charge is -2.29. The summed E-state index contributed by atoms with van der Waals surface area (Å²) in [5.74, 6) is 0.603. The summed E-state index contributed by atoms with van der Waals surface area (Å²) in [4.78, 5) is 14.7. The lowest BCUT2D eigenvalue weighted by Crippen LogP contribution is -2.35. The number of aromatic nitrogens is 1. The van der Waals surface area contributed by atoms with Gasteiger partial charge in [0.1, 0.15) is 5.76 Å². The number of aryl methyl sites for hydroxylation is 1. The maximum absolute atomic E-state index is 12.8. The minimum Gasteiger partial charge on any atom is -0.360 e. The van der Waals surface area contributed by atoms with Crippen molar-refractivity contribution in [3.63, 3.8) is 0 Å². The Bertz CT molecular complexity index is 884. The van der Waals surface area contributed by atoms with Crippen molar-refractivity contribution in [2.45, 2.75) is 37.5 Å². The monoisotopic (exact) mass is 348 g/mol. The van der Waals surface area contributed by atoms with Crippen LogP contribution in [0.3, 0.4) is 0 Å². The molecule has 1 aliphatic rings. The first kappa shape index (κ1) is 16.7. The van der Waals surface area contributed by atoms with Crippen LogP contribution in [0.25, 0.3) is 0 Å². The number of benzene rings is 1. The lowest BCUT2D eigenvalue weighted by molar-refractivity contribution is 0.0976. The standard InChI is InChI=1S/C17H20N2O4S/c1-11(2)16-10-14(18-23-16)17(20)19-8-4-5-12-9-13(24(3,21)22)6-7-15(12)19/h6-7,9-11H,4-5,8H2,1-3H3. The minimum absolute atomic E-state index is 0.157. The predicted octanol–water partition coefficient (Wildman–Crippen LogP) is 2.79. The van der Waals surface area contributed by atoms with Gasteiger partial charge in [-0.05, 0) is 36.6 Å². The Kier molecular flexibility index (Phi) is 4.21. The van der Waals surface area contributed by atoms with Gasteiger partial charge in [-0.15, -0.1) is 0 Å². The van der Waals surface area contributed by atoms with Crippen LogP contribution in [0.5, 0.6) is 0 Å². The molecular formula is C17H20N2O4S. The van der Waals surface area contributed by atoms with Gasteiger partial charge in [-0.1, -0.05) is 19.0 Å². The summed E-state index contributed by atoms with van der Waals surface area (Å²) in [6.07, 6.45) is 2.71. The summed E-state index contributed by atoms with van der Waals surface area (Å²) in [6, 6.07) is 6.58. The van der Waals surface area contributed by atoms with Gasteiger partial charge in [-0.3, -0.25) is 4.79 Å². The van der Waals surface area contributed by atoms with Crippen molar-refractivity contribution in [1.82, 2.24) is 5.16 Å². The van der Waals surface area contributed by atoms with Crippen LogP contribution in [0.1, 0.15) is 48.0 Å². The van der Waals surface area contributed by atoms with Crippen LogP contribution in [-0.4, -0.2) is 32.3 Å². The number of rotatable bonds is 3. The number of hydrogen-bond donors (Lipinski definition) is 0. The molecule has 7 heteroatoms. The molecule has 0 aliphatic carbocycles. The highest BCUT2D eigenvalue weighted by molar-refractivity contribution is 7.90. The highest BCUT2D eigenvalue weighted by Crippen LogP contribution is 2.30. The molecule has 0 spiro atoms. The summed E-state index contributed by atoms with van der Waals surface area (Å²) in [6.45, 7) is 4.52. The van der Waals surface area contributed by atoms with Crippen LogP contribution in [0.2, 0.25) is 0 Å². The molecule has 1 aromatic carbocycles. The second kappa shape index (κ2) is 6.05. The topological polar surface area (TPSA) is 80.5 Å². The summed E-state index contributed by atoms with van der Waals surface area (Å²) >= 11 is 0. The van der Waals surface area contributed by atoms with Crippen molar-refractivity contribution >= 4 is 21.4 Å². The van der Waals surface area contributed by atoms with Crippen LogP contribution >= 0.6 is 0 Å². The summed E-state index contributed by atoms with van der Waals surface area (Å²) in [5.41, 5.74) is 1.89. The van der Waals surface area contributed by atoms with Gasteiger partial charge in [-0.2, -0.15) is 0 Å². The van der Waals surface area contributed by atoms with Gasteiger partial charge >= 0.3 is 0 Å². The Morgan fingerprint density at radius 3 is 2.67 bits per heavy atom. The highest BCUT2D eigenvalue weighted by Gasteiger charge is 2.27. The van der Waals surface area contributed by atoms with E-state index in [1.54, 1.807) is 29.2 Å². The van der Waals surface area contributed by atoms with E-state index in [0.717, 1.165) is 24.1 Å². The molecule has 2 aromatic rings. The summed E-state index contributed by atoms with van der Waals surface area (Å²) in [7, 11) is -3.26. The first-order valence-electron chi connectivity index (χ1n) is 7.89. The van der Waals surface area contributed by atoms with Crippen LogP contribution in [0, 0.1) is 0 Å². The lowest BCUT2D eigenvalue weighted by atomic mass is 10.0. The van der Waals surface area contributed by atoms with Crippen molar-refractivity contribution in [3.05, 3.63) is 41.3 Å². The van der Waals surface area contributed by atoms with Crippen LogP contribution in [-0.2, 0) is 16.3 Å². The van der Waals surface area contributed by atoms with E-state index in [0.29, 0.717) is 12.3 Å². The summed E-state index contributed by atoms with van der Waals surface area (Å²) < 4.78 is 28.7. The Morgan fingerprint density at radius 2 is 2.04 bits per heavy atom. The number of carbonyl (C=O) groups excluding carboxylic acids is 1. The zero-order chi connectivity index (χ0) is 17.5. The molecule has 2 heterocycles. The Labute approximate surface area is 141 Å². The molecule has 0 radical (unpaired) electrons. The molecule has 0 bridgehead atoms. The number of sulfone groups is 1. The number of anilines is 1. The largest absolute Gasteiger partial charge is 0.360 e. The van der Waals surface area contributed by atoms with E-state index in [9.17, 15) is 13.2 Å². The molecule has 0 atom stereocenters. The molecule has 0 saturated carbocycles. The molecule has 3 rings (SSSR count). The fourth-order valence-electron chi connectivity index (χ4n) is 2.82. The van der Waals surface area contributed by atoms with E-state index in [2.05, 4.69) is 5.16 Å². The van der Waals surface area contributed by atoms with Crippen molar-refractivity contribution in [1.29, 1.82) is 0 Å². The Morgan fingerprint density at radius 1 is 1.29 bits per heavy atom. The van der Waals surface area contributed by atoms with Gasteiger partial charge in [0.25, 0.3) is 5.91 Å². The highest BCUT2D eigenvalue weighted by atomic mass is 32.2. The van der Waals surface area contributed by atoms with E-state index < -0.39 is 9.84 Å². The zero-order valence-corrected chi connectivity index (χ0v) is 14.8. The molecule has 128 valence electrons. The van der Waals surface area contributed by atoms with Crippen molar-refractivity contribution in [2.24, 2.45) is 0 Å². The molecule has 0 N–H and O–H groups in total. The van der Waals surface area contributed by atoms with Gasteiger partial charge in [0.05, 0.1) is 4.90 Å². The summed E-state index contributed by atoms with van der Waals surface area (Å²) in [5, 5.41) is 3.88. The van der Waals surface area contributed by atoms with Gasteiger partial charge in [-0.25, -0.2) is 8.42 Å². The number of amides is 1. The SMILES string of the molecule is CC(C)c1cc(C(=O)N2CCCc3cc(S(C)(=O)=O)ccc32)no1. The van der Waals surface area contributed by atoms with E-state index in [-0.39, 0.29) is 22.4 Å². The normalized spacial score (nSPS) is 14.8. The van der Waals surface area contributed by atoms with Crippen molar-refractivity contribution in [3.8, 4) is 0 Å². The third-order valence-electron chi connectivity index (χ3n) is 4.16. The predicted molar refractivity (Wildman–Crippen MR) is 90.1 cm³/mol. The molecule has 1 aliphatic heterocycles. The fourth-order valence-corrected chi connectivity index (χ4v) is 3.49. The molecule has 0 unspecified atom stereocenters. The van der Waals surface area contributed by atoms with E-state index in [1.165, 1.54) is 6.26 Å². The van der Waals surface area contributed by atoms with Crippen LogP contribution in [0.4, 0.5) is 5.69 Å². The van der Waals surface area contributed by atoms with Crippen molar-refractivity contribution < 1.29 is 17.7 Å². The van der Waals surface area contributed by atoms with E-state index in [1.807, 2.05) is 13.8 Å². The second-order valence-electron chi connectivity index (χ2n) is 6.39. The molecule has 1 aromatic heterocycles. The number of carbonyl (C=O) groups is 1. The van der Waals surface area contributed by atoms with Crippen LogP contribution < -0.4 is 4.90 Å². The average molecular weight is 348 g/mol. The molecular weight excluding hydrogens is 328 g/mol. The third kappa shape index (κ3) is 3.08. The van der Waals surface area contributed by atoms with Gasteiger partial charge < -0.3 is 9.42 Å². The zero-order valence-electron chi connectivity index (χ0n) is 13.9. The van der Waals surface area contributed by atoms with Crippen molar-refractivity contribution in [2.75, 3.05) is 17.7 Å². The van der Waals surface area contributed by atoms with Gasteiger partial charge in [0.15, 0.2) is 15.5 Å². The molecule has 0 fully saturated rings. The maximum Gasteiger partial charge on any atom is 0.280 e. The fraction of sp³-hybridized carbons (Fsp3) is 0.412. The first-order chi connectivity index (χ1) is 11.3. The van der Waals surface area contributed by atoms with Gasteiger partial charge in [0, 0.05) is 30.5 Å². The molecule has 1 amide bonds. The maximum atomic E-state index is 12.8. The molecule has 24 heavy (non-hydrogen) atoms. The smallest absolute Gasteiger partial charge is 0.280 e. The third-order valence-corrected chi connectivity index (χ3v) is 5.27. The second-order valence-corrected chi connectivity index (χ2v) is 8.41. The number of fused-ring (bicyclic) bond motifs is 1. The molecule has 6 nitrogen and oxygen atoms in total. The Hall–Kier alpha value is -2.15. The van der Waals surface area contributed by atoms with Gasteiger partial charge in [0.2, 0.25) is 0 Å². The number of nitrogens with zero attached hydrogens (tertiary/aromatic N) is 2. The molecule has 0 saturated heterocycles. The van der Waals surface area contributed by atoms with Crippen LogP contribution in [0.15, 0.2) is 33.7 Å².